The van der Waals surface area contributed by atoms with Crippen LogP contribution in [-0.4, -0.2) is 22.7 Å². The summed E-state index contributed by atoms with van der Waals surface area (Å²) < 4.78 is 36.1. The van der Waals surface area contributed by atoms with E-state index >= 15 is 0 Å². The summed E-state index contributed by atoms with van der Waals surface area (Å²) in [4.78, 5) is 26.3. The Labute approximate surface area is 102 Å². The monoisotopic (exact) mass is 259 g/mol. The molecule has 0 radical (unpaired) electrons. The van der Waals surface area contributed by atoms with Crippen LogP contribution in [0.4, 0.5) is 13.2 Å². The van der Waals surface area contributed by atoms with E-state index in [0.29, 0.717) is 11.3 Å². The number of hydrogen-bond acceptors (Lipinski definition) is 3. The summed E-state index contributed by atoms with van der Waals surface area (Å²) >= 11 is 0. The highest BCUT2D eigenvalue weighted by Crippen LogP contribution is 2.20. The summed E-state index contributed by atoms with van der Waals surface area (Å²) in [5.41, 5.74) is 1.79. The van der Waals surface area contributed by atoms with E-state index in [1.165, 1.54) is 0 Å². The molecule has 0 N–H and O–H groups in total. The van der Waals surface area contributed by atoms with Crippen LogP contribution in [0.3, 0.4) is 0 Å². The second kappa shape index (κ2) is 4.88. The van der Waals surface area contributed by atoms with Gasteiger partial charge in [-0.1, -0.05) is 6.07 Å². The third-order valence-corrected chi connectivity index (χ3v) is 2.56. The number of aromatic nitrogens is 1. The molecule has 0 amide bonds. The lowest BCUT2D eigenvalue weighted by Crippen LogP contribution is -2.26. The first kappa shape index (κ1) is 14.3. The normalized spacial score (nSPS) is 11.4. The molecule has 0 aliphatic carbocycles. The smallest absolute Gasteiger partial charge is 0.292 e. The van der Waals surface area contributed by atoms with Gasteiger partial charge in [-0.2, -0.15) is 13.2 Å². The molecule has 0 aliphatic rings. The van der Waals surface area contributed by atoms with Gasteiger partial charge in [0.05, 0.1) is 6.42 Å². The topological polar surface area (TPSA) is 47.0 Å². The third-order valence-electron chi connectivity index (χ3n) is 2.56. The van der Waals surface area contributed by atoms with E-state index in [0.717, 1.165) is 5.56 Å². The second-order valence-electron chi connectivity index (χ2n) is 4.08. The first-order valence-electron chi connectivity index (χ1n) is 5.21. The zero-order valence-electron chi connectivity index (χ0n) is 10.2. The predicted octanol–water partition coefficient (Wildman–Crippen LogP) is 2.71. The molecule has 0 aliphatic heterocycles. The van der Waals surface area contributed by atoms with Crippen LogP contribution < -0.4 is 0 Å². The van der Waals surface area contributed by atoms with E-state index in [1.807, 2.05) is 0 Å². The number of Topliss-reactive ketones (excluding diaryl/α,β-unsaturated/α-hetero) is 2. The number of aryl methyl sites for hydroxylation is 3. The van der Waals surface area contributed by atoms with Gasteiger partial charge in [0.1, 0.15) is 5.69 Å². The van der Waals surface area contributed by atoms with E-state index in [9.17, 15) is 22.8 Å². The minimum absolute atomic E-state index is 0.0734. The number of carbonyl (C=O) groups excluding carboxylic acids is 2. The van der Waals surface area contributed by atoms with Crippen molar-refractivity contribution in [1.29, 1.82) is 0 Å². The number of ketones is 2. The molecule has 0 saturated carbocycles. The lowest BCUT2D eigenvalue weighted by molar-refractivity contribution is -0.170. The minimum Gasteiger partial charge on any atom is -0.292 e. The Morgan fingerprint density at radius 3 is 2.22 bits per heavy atom. The zero-order valence-corrected chi connectivity index (χ0v) is 10.2. The summed E-state index contributed by atoms with van der Waals surface area (Å²) in [5.74, 6) is -2.95. The van der Waals surface area contributed by atoms with Gasteiger partial charge >= 0.3 is 6.18 Å². The van der Waals surface area contributed by atoms with Crippen molar-refractivity contribution >= 4 is 11.6 Å². The van der Waals surface area contributed by atoms with Crippen LogP contribution in [0.2, 0.25) is 0 Å². The number of hydrogen-bond donors (Lipinski definition) is 0. The highest BCUT2D eigenvalue weighted by atomic mass is 19.4. The van der Waals surface area contributed by atoms with Crippen molar-refractivity contribution in [2.24, 2.45) is 0 Å². The Bertz CT molecular complexity index is 507. The molecule has 0 saturated heterocycles. The summed E-state index contributed by atoms with van der Waals surface area (Å²) in [6, 6.07) is 1.66. The molecule has 1 aromatic heterocycles. The number of nitrogens with zero attached hydrogens (tertiary/aromatic N) is 1. The molecule has 1 heterocycles. The summed E-state index contributed by atoms with van der Waals surface area (Å²) in [7, 11) is 0. The van der Waals surface area contributed by atoms with Crippen LogP contribution in [0.25, 0.3) is 0 Å². The number of halogens is 3. The average Bonchev–Trinajstić information content (AvgIpc) is 2.21. The van der Waals surface area contributed by atoms with Gasteiger partial charge in [-0.15, -0.1) is 0 Å². The van der Waals surface area contributed by atoms with Crippen molar-refractivity contribution in [3.8, 4) is 0 Å². The second-order valence-corrected chi connectivity index (χ2v) is 4.08. The van der Waals surface area contributed by atoms with Crippen molar-refractivity contribution in [1.82, 2.24) is 4.98 Å². The van der Waals surface area contributed by atoms with Crippen LogP contribution in [0.15, 0.2) is 6.07 Å². The van der Waals surface area contributed by atoms with E-state index in [-0.39, 0.29) is 5.69 Å². The molecule has 6 heteroatoms. The van der Waals surface area contributed by atoms with Gasteiger partial charge in [0.15, 0.2) is 5.78 Å². The van der Waals surface area contributed by atoms with Crippen molar-refractivity contribution in [2.75, 3.05) is 0 Å². The fourth-order valence-corrected chi connectivity index (χ4v) is 1.45. The molecule has 0 aromatic carbocycles. The number of alkyl halides is 3. The maximum absolute atomic E-state index is 12.0. The Hall–Kier alpha value is -1.72. The quantitative estimate of drug-likeness (QED) is 0.619. The zero-order chi connectivity index (χ0) is 14.1. The van der Waals surface area contributed by atoms with Crippen LogP contribution in [0.5, 0.6) is 0 Å². The molecule has 18 heavy (non-hydrogen) atoms. The summed E-state index contributed by atoms with van der Waals surface area (Å²) in [6.45, 7) is 5.01. The SMILES string of the molecule is Cc1cc(C)c(C(=O)CC(=O)C(F)(F)F)nc1C. The van der Waals surface area contributed by atoms with Crippen molar-refractivity contribution in [3.63, 3.8) is 0 Å². The van der Waals surface area contributed by atoms with Gasteiger partial charge in [0.2, 0.25) is 5.78 Å². The van der Waals surface area contributed by atoms with Crippen molar-refractivity contribution < 1.29 is 22.8 Å². The van der Waals surface area contributed by atoms with Gasteiger partial charge in [0, 0.05) is 5.69 Å². The Kier molecular flexibility index (Phi) is 3.88. The van der Waals surface area contributed by atoms with E-state index in [4.69, 9.17) is 0 Å². The van der Waals surface area contributed by atoms with E-state index in [2.05, 4.69) is 4.98 Å². The maximum Gasteiger partial charge on any atom is 0.450 e. The highest BCUT2D eigenvalue weighted by molar-refractivity contribution is 6.09. The number of rotatable bonds is 3. The van der Waals surface area contributed by atoms with Gasteiger partial charge in [-0.05, 0) is 31.9 Å². The van der Waals surface area contributed by atoms with Crippen molar-refractivity contribution in [3.05, 3.63) is 28.6 Å². The lowest BCUT2D eigenvalue weighted by atomic mass is 10.0. The van der Waals surface area contributed by atoms with E-state index < -0.39 is 24.2 Å². The van der Waals surface area contributed by atoms with Gasteiger partial charge < -0.3 is 0 Å². The number of pyridine rings is 1. The highest BCUT2D eigenvalue weighted by Gasteiger charge is 2.39. The Morgan fingerprint density at radius 1 is 1.17 bits per heavy atom. The molecular weight excluding hydrogens is 247 g/mol. The van der Waals surface area contributed by atoms with Crippen LogP contribution >= 0.6 is 0 Å². The average molecular weight is 259 g/mol. The standard InChI is InChI=1S/C12H12F3NO2/c1-6-4-7(2)11(16-8(6)3)9(17)5-10(18)12(13,14)15/h4H,5H2,1-3H3. The molecule has 1 rings (SSSR count). The summed E-state index contributed by atoms with van der Waals surface area (Å²) in [6.07, 6.45) is -6.18. The van der Waals surface area contributed by atoms with E-state index in [1.54, 1.807) is 26.8 Å². The predicted molar refractivity (Wildman–Crippen MR) is 58.5 cm³/mol. The first-order chi connectivity index (χ1) is 8.12. The fraction of sp³-hybridized carbons (Fsp3) is 0.417. The molecule has 0 fully saturated rings. The van der Waals surface area contributed by atoms with Gasteiger partial charge in [-0.25, -0.2) is 4.98 Å². The first-order valence-corrected chi connectivity index (χ1v) is 5.21. The van der Waals surface area contributed by atoms with Gasteiger partial charge in [-0.3, -0.25) is 9.59 Å². The van der Waals surface area contributed by atoms with Crippen LogP contribution in [0.1, 0.15) is 33.7 Å². The summed E-state index contributed by atoms with van der Waals surface area (Å²) in [5, 5.41) is 0. The molecule has 1 aromatic rings. The Balaban J connectivity index is 2.99. The third kappa shape index (κ3) is 3.15. The molecule has 0 unspecified atom stereocenters. The minimum atomic E-state index is -4.98. The van der Waals surface area contributed by atoms with Crippen LogP contribution in [-0.2, 0) is 4.79 Å². The van der Waals surface area contributed by atoms with Gasteiger partial charge in [0.25, 0.3) is 0 Å². The maximum atomic E-state index is 12.0. The molecule has 3 nitrogen and oxygen atoms in total. The Morgan fingerprint density at radius 2 is 1.72 bits per heavy atom. The van der Waals surface area contributed by atoms with Crippen LogP contribution in [0, 0.1) is 20.8 Å². The molecule has 0 bridgehead atoms. The molecule has 98 valence electrons. The molecular formula is C12H12F3NO2. The fourth-order valence-electron chi connectivity index (χ4n) is 1.45. The molecule has 0 spiro atoms. The van der Waals surface area contributed by atoms with Crippen molar-refractivity contribution in [2.45, 2.75) is 33.4 Å². The largest absolute Gasteiger partial charge is 0.450 e. The molecule has 0 atom stereocenters. The lowest BCUT2D eigenvalue weighted by Gasteiger charge is -2.08. The number of carbonyl (C=O) groups is 2.